The lowest BCUT2D eigenvalue weighted by Gasteiger charge is -2.33. The third-order valence-corrected chi connectivity index (χ3v) is 4.41. The van der Waals surface area contributed by atoms with Crippen LogP contribution < -0.4 is 0 Å². The lowest BCUT2D eigenvalue weighted by atomic mass is 9.91. The topological polar surface area (TPSA) is 40.5 Å². The highest BCUT2D eigenvalue weighted by molar-refractivity contribution is 5.71. The predicted molar refractivity (Wildman–Crippen MR) is 61.2 cm³/mol. The van der Waals surface area contributed by atoms with E-state index < -0.39 is 5.97 Å². The molecule has 0 amide bonds. The summed E-state index contributed by atoms with van der Waals surface area (Å²) >= 11 is 0. The van der Waals surface area contributed by atoms with Gasteiger partial charge in [0.15, 0.2) is 0 Å². The maximum atomic E-state index is 11.4. The Hall–Kier alpha value is -0.570. The van der Waals surface area contributed by atoms with Gasteiger partial charge in [0.1, 0.15) is 0 Å². The van der Waals surface area contributed by atoms with E-state index in [0.29, 0.717) is 12.0 Å². The minimum Gasteiger partial charge on any atom is -0.481 e. The van der Waals surface area contributed by atoms with Gasteiger partial charge >= 0.3 is 5.97 Å². The molecule has 3 nitrogen and oxygen atoms in total. The van der Waals surface area contributed by atoms with Crippen LogP contribution in [0.5, 0.6) is 0 Å². The standard InChI is InChI=1S/C13H21NO2/c15-13(16)11-3-1-2-8-14(10-6-7-10)12(11)9-4-5-9/h9-12H,1-8H2,(H,15,16)/t11-,12+/m0/s1. The molecular formula is C13H21NO2. The summed E-state index contributed by atoms with van der Waals surface area (Å²) < 4.78 is 0. The summed E-state index contributed by atoms with van der Waals surface area (Å²) in [5, 5.41) is 9.40. The van der Waals surface area contributed by atoms with Crippen LogP contribution in [0.4, 0.5) is 0 Å². The van der Waals surface area contributed by atoms with E-state index in [-0.39, 0.29) is 5.92 Å². The lowest BCUT2D eigenvalue weighted by molar-refractivity contribution is -0.144. The van der Waals surface area contributed by atoms with E-state index in [1.807, 2.05) is 0 Å². The number of rotatable bonds is 3. The summed E-state index contributed by atoms with van der Waals surface area (Å²) in [5.74, 6) is 0.0554. The molecule has 0 aromatic carbocycles. The molecule has 0 aromatic rings. The van der Waals surface area contributed by atoms with Crippen molar-refractivity contribution < 1.29 is 9.90 Å². The fraction of sp³-hybridized carbons (Fsp3) is 0.923. The van der Waals surface area contributed by atoms with Crippen molar-refractivity contribution in [3.05, 3.63) is 0 Å². The smallest absolute Gasteiger partial charge is 0.308 e. The first-order valence-corrected chi connectivity index (χ1v) is 6.76. The van der Waals surface area contributed by atoms with E-state index >= 15 is 0 Å². The first-order valence-electron chi connectivity index (χ1n) is 6.76. The van der Waals surface area contributed by atoms with Crippen molar-refractivity contribution in [1.29, 1.82) is 0 Å². The van der Waals surface area contributed by atoms with Gasteiger partial charge in [0, 0.05) is 12.1 Å². The van der Waals surface area contributed by atoms with Gasteiger partial charge in [0.2, 0.25) is 0 Å². The van der Waals surface area contributed by atoms with Crippen molar-refractivity contribution in [3.8, 4) is 0 Å². The number of carboxylic acid groups (broad SMARTS) is 1. The molecule has 0 spiro atoms. The first-order chi connectivity index (χ1) is 7.77. The number of carboxylic acids is 1. The number of likely N-dealkylation sites (tertiary alicyclic amines) is 1. The second-order valence-electron chi connectivity index (χ2n) is 5.74. The molecule has 16 heavy (non-hydrogen) atoms. The highest BCUT2D eigenvalue weighted by Gasteiger charge is 2.47. The van der Waals surface area contributed by atoms with E-state index in [1.165, 1.54) is 32.1 Å². The average Bonchev–Trinajstić information content (AvgIpc) is 3.10. The van der Waals surface area contributed by atoms with Gasteiger partial charge in [0.05, 0.1) is 5.92 Å². The molecule has 3 rings (SSSR count). The fourth-order valence-corrected chi connectivity index (χ4v) is 3.35. The molecule has 1 N–H and O–H groups in total. The van der Waals surface area contributed by atoms with E-state index in [2.05, 4.69) is 4.90 Å². The van der Waals surface area contributed by atoms with Crippen molar-refractivity contribution >= 4 is 5.97 Å². The molecule has 2 aliphatic carbocycles. The van der Waals surface area contributed by atoms with Crippen LogP contribution in [0, 0.1) is 11.8 Å². The zero-order valence-electron chi connectivity index (χ0n) is 9.77. The molecule has 0 bridgehead atoms. The maximum absolute atomic E-state index is 11.4. The van der Waals surface area contributed by atoms with Crippen molar-refractivity contribution in [2.24, 2.45) is 11.8 Å². The molecule has 2 atom stereocenters. The van der Waals surface area contributed by atoms with Gasteiger partial charge in [-0.15, -0.1) is 0 Å². The summed E-state index contributed by atoms with van der Waals surface area (Å²) in [6.45, 7) is 1.15. The second-order valence-corrected chi connectivity index (χ2v) is 5.74. The van der Waals surface area contributed by atoms with E-state index in [1.54, 1.807) is 0 Å². The summed E-state index contributed by atoms with van der Waals surface area (Å²) in [4.78, 5) is 14.0. The van der Waals surface area contributed by atoms with Gasteiger partial charge in [-0.1, -0.05) is 6.42 Å². The minimum atomic E-state index is -0.551. The van der Waals surface area contributed by atoms with Crippen LogP contribution in [-0.4, -0.2) is 34.6 Å². The molecule has 0 aromatic heterocycles. The second kappa shape index (κ2) is 4.02. The zero-order valence-corrected chi connectivity index (χ0v) is 9.77. The van der Waals surface area contributed by atoms with Gasteiger partial charge in [-0.3, -0.25) is 9.69 Å². The van der Waals surface area contributed by atoms with Crippen LogP contribution in [0.3, 0.4) is 0 Å². The molecule has 1 saturated heterocycles. The Morgan fingerprint density at radius 1 is 1.06 bits per heavy atom. The molecule has 0 unspecified atom stereocenters. The van der Waals surface area contributed by atoms with Crippen LogP contribution >= 0.6 is 0 Å². The summed E-state index contributed by atoms with van der Waals surface area (Å²) in [7, 11) is 0. The van der Waals surface area contributed by atoms with Gasteiger partial charge in [0.25, 0.3) is 0 Å². The number of aliphatic carboxylic acids is 1. The monoisotopic (exact) mass is 223 g/mol. The normalized spacial score (nSPS) is 37.0. The van der Waals surface area contributed by atoms with Crippen LogP contribution in [0.15, 0.2) is 0 Å². The van der Waals surface area contributed by atoms with Crippen molar-refractivity contribution in [1.82, 2.24) is 4.90 Å². The molecule has 1 heterocycles. The molecular weight excluding hydrogens is 202 g/mol. The zero-order chi connectivity index (χ0) is 11.1. The van der Waals surface area contributed by atoms with Crippen LogP contribution in [0.25, 0.3) is 0 Å². The van der Waals surface area contributed by atoms with Gasteiger partial charge in [-0.2, -0.15) is 0 Å². The Kier molecular flexibility index (Phi) is 2.66. The third-order valence-electron chi connectivity index (χ3n) is 4.41. The molecule has 3 heteroatoms. The van der Waals surface area contributed by atoms with Crippen molar-refractivity contribution in [2.75, 3.05) is 6.54 Å². The quantitative estimate of drug-likeness (QED) is 0.796. The predicted octanol–water partition coefficient (Wildman–Crippen LogP) is 2.11. The lowest BCUT2D eigenvalue weighted by Crippen LogP contribution is -2.45. The number of nitrogens with zero attached hydrogens (tertiary/aromatic N) is 1. The Balaban J connectivity index is 1.81. The Labute approximate surface area is 96.8 Å². The largest absolute Gasteiger partial charge is 0.481 e. The summed E-state index contributed by atoms with van der Waals surface area (Å²) in [5.41, 5.74) is 0. The summed E-state index contributed by atoms with van der Waals surface area (Å²) in [6, 6.07) is 1.10. The summed E-state index contributed by atoms with van der Waals surface area (Å²) in [6.07, 6.45) is 8.33. The first kappa shape index (κ1) is 10.6. The number of carbonyl (C=O) groups is 1. The number of hydrogen-bond donors (Lipinski definition) is 1. The molecule has 2 saturated carbocycles. The van der Waals surface area contributed by atoms with Gasteiger partial charge in [-0.05, 0) is 51.0 Å². The SMILES string of the molecule is O=C(O)[C@H]1CCCCN(C2CC2)[C@@H]1C1CC1. The fourth-order valence-electron chi connectivity index (χ4n) is 3.35. The average molecular weight is 223 g/mol. The highest BCUT2D eigenvalue weighted by atomic mass is 16.4. The third kappa shape index (κ3) is 1.97. The number of hydrogen-bond acceptors (Lipinski definition) is 2. The molecule has 0 radical (unpaired) electrons. The minimum absolute atomic E-state index is 0.0874. The van der Waals surface area contributed by atoms with Crippen molar-refractivity contribution in [3.63, 3.8) is 0 Å². The Bertz CT molecular complexity index is 284. The van der Waals surface area contributed by atoms with Gasteiger partial charge in [-0.25, -0.2) is 0 Å². The van der Waals surface area contributed by atoms with Crippen LogP contribution in [0.2, 0.25) is 0 Å². The van der Waals surface area contributed by atoms with Crippen molar-refractivity contribution in [2.45, 2.75) is 57.0 Å². The van der Waals surface area contributed by atoms with E-state index in [4.69, 9.17) is 0 Å². The highest BCUT2D eigenvalue weighted by Crippen LogP contribution is 2.45. The van der Waals surface area contributed by atoms with Crippen LogP contribution in [-0.2, 0) is 4.79 Å². The Morgan fingerprint density at radius 3 is 2.38 bits per heavy atom. The maximum Gasteiger partial charge on any atom is 0.308 e. The molecule has 3 fully saturated rings. The van der Waals surface area contributed by atoms with E-state index in [9.17, 15) is 9.90 Å². The molecule has 1 aliphatic heterocycles. The molecule has 3 aliphatic rings. The van der Waals surface area contributed by atoms with Crippen LogP contribution in [0.1, 0.15) is 44.9 Å². The van der Waals surface area contributed by atoms with Gasteiger partial charge < -0.3 is 5.11 Å². The van der Waals surface area contributed by atoms with E-state index in [0.717, 1.165) is 25.4 Å². The Morgan fingerprint density at radius 2 is 1.81 bits per heavy atom. The molecule has 90 valence electrons.